The summed E-state index contributed by atoms with van der Waals surface area (Å²) in [6.07, 6.45) is 1.90. The maximum Gasteiger partial charge on any atom is 0.222 e. The molecular formula is C12H25N3O2. The summed E-state index contributed by atoms with van der Waals surface area (Å²) in [4.78, 5) is 15.4. The van der Waals surface area contributed by atoms with Crippen molar-refractivity contribution in [1.82, 2.24) is 9.80 Å². The molecule has 0 spiro atoms. The highest BCUT2D eigenvalue weighted by Gasteiger charge is 2.23. The molecule has 0 aromatic carbocycles. The summed E-state index contributed by atoms with van der Waals surface area (Å²) in [5, 5.41) is 0. The normalized spacial score (nSPS) is 25.9. The van der Waals surface area contributed by atoms with E-state index < -0.39 is 0 Å². The number of hydrogen-bond acceptors (Lipinski definition) is 4. The number of morpholine rings is 1. The highest BCUT2D eigenvalue weighted by Crippen LogP contribution is 2.11. The maximum atomic E-state index is 11.4. The van der Waals surface area contributed by atoms with Crippen molar-refractivity contribution in [2.75, 3.05) is 40.3 Å². The molecule has 2 unspecified atom stereocenters. The topological polar surface area (TPSA) is 58.8 Å². The zero-order valence-corrected chi connectivity index (χ0v) is 11.2. The van der Waals surface area contributed by atoms with Gasteiger partial charge in [-0.1, -0.05) is 0 Å². The highest BCUT2D eigenvalue weighted by molar-refractivity contribution is 5.75. The lowest BCUT2D eigenvalue weighted by molar-refractivity contribution is -0.129. The van der Waals surface area contributed by atoms with Crippen molar-refractivity contribution in [3.63, 3.8) is 0 Å². The standard InChI is InChI=1S/C12H25N3O2/c1-10-8-15(9-11(7-13)17-10)6-4-5-12(16)14(2)3/h10-11H,4-9,13H2,1-3H3. The molecule has 1 saturated heterocycles. The summed E-state index contributed by atoms with van der Waals surface area (Å²) < 4.78 is 5.69. The summed E-state index contributed by atoms with van der Waals surface area (Å²) >= 11 is 0. The lowest BCUT2D eigenvalue weighted by Gasteiger charge is -2.36. The molecule has 1 heterocycles. The molecule has 1 amide bonds. The van der Waals surface area contributed by atoms with Gasteiger partial charge in [-0.25, -0.2) is 0 Å². The van der Waals surface area contributed by atoms with E-state index in [4.69, 9.17) is 10.5 Å². The van der Waals surface area contributed by atoms with Crippen LogP contribution in [0.2, 0.25) is 0 Å². The molecule has 1 aliphatic heterocycles. The Bertz CT molecular complexity index is 246. The summed E-state index contributed by atoms with van der Waals surface area (Å²) in [6.45, 7) is 5.41. The minimum absolute atomic E-state index is 0.142. The van der Waals surface area contributed by atoms with Crippen molar-refractivity contribution >= 4 is 5.91 Å². The SMILES string of the molecule is CC1CN(CCCC(=O)N(C)C)CC(CN)O1. The van der Waals surface area contributed by atoms with E-state index in [1.165, 1.54) is 0 Å². The Morgan fingerprint density at radius 1 is 1.47 bits per heavy atom. The molecule has 100 valence electrons. The monoisotopic (exact) mass is 243 g/mol. The molecule has 0 saturated carbocycles. The first-order chi connectivity index (χ1) is 8.02. The number of carbonyl (C=O) groups excluding carboxylic acids is 1. The Morgan fingerprint density at radius 2 is 2.18 bits per heavy atom. The molecular weight excluding hydrogens is 218 g/mol. The molecule has 2 atom stereocenters. The second-order valence-corrected chi connectivity index (χ2v) is 4.96. The molecule has 1 aliphatic rings. The van der Waals surface area contributed by atoms with E-state index in [0.717, 1.165) is 26.1 Å². The fourth-order valence-corrected chi connectivity index (χ4v) is 2.13. The molecule has 0 radical (unpaired) electrons. The van der Waals surface area contributed by atoms with Gasteiger partial charge in [0.1, 0.15) is 0 Å². The van der Waals surface area contributed by atoms with E-state index >= 15 is 0 Å². The molecule has 5 nitrogen and oxygen atoms in total. The molecule has 5 heteroatoms. The summed E-state index contributed by atoms with van der Waals surface area (Å²) in [5.74, 6) is 0.196. The molecule has 1 fully saturated rings. The van der Waals surface area contributed by atoms with Gasteiger partial charge in [-0.2, -0.15) is 0 Å². The average Bonchev–Trinajstić information content (AvgIpc) is 2.27. The number of ether oxygens (including phenoxy) is 1. The zero-order chi connectivity index (χ0) is 12.8. The van der Waals surface area contributed by atoms with Crippen LogP contribution in [-0.2, 0) is 9.53 Å². The second-order valence-electron chi connectivity index (χ2n) is 4.96. The predicted molar refractivity (Wildman–Crippen MR) is 67.8 cm³/mol. The van der Waals surface area contributed by atoms with E-state index in [-0.39, 0.29) is 18.1 Å². The summed E-state index contributed by atoms with van der Waals surface area (Å²) in [6, 6.07) is 0. The minimum atomic E-state index is 0.142. The van der Waals surface area contributed by atoms with Crippen LogP contribution in [0.25, 0.3) is 0 Å². The third-order valence-corrected chi connectivity index (χ3v) is 3.03. The van der Waals surface area contributed by atoms with E-state index in [1.807, 2.05) is 0 Å². The molecule has 1 rings (SSSR count). The zero-order valence-electron chi connectivity index (χ0n) is 11.2. The molecule has 0 bridgehead atoms. The van der Waals surface area contributed by atoms with Gasteiger partial charge < -0.3 is 15.4 Å². The van der Waals surface area contributed by atoms with Crippen LogP contribution in [0.15, 0.2) is 0 Å². The lowest BCUT2D eigenvalue weighted by atomic mass is 10.2. The Balaban J connectivity index is 2.24. The predicted octanol–water partition coefficient (Wildman–Crippen LogP) is -0.0972. The highest BCUT2D eigenvalue weighted by atomic mass is 16.5. The van der Waals surface area contributed by atoms with Crippen LogP contribution in [0.1, 0.15) is 19.8 Å². The van der Waals surface area contributed by atoms with Gasteiger partial charge in [0.25, 0.3) is 0 Å². The fourth-order valence-electron chi connectivity index (χ4n) is 2.13. The molecule has 17 heavy (non-hydrogen) atoms. The summed E-state index contributed by atoms with van der Waals surface area (Å²) in [5.41, 5.74) is 5.63. The van der Waals surface area contributed by atoms with Crippen LogP contribution < -0.4 is 5.73 Å². The van der Waals surface area contributed by atoms with Gasteiger partial charge in [0.2, 0.25) is 5.91 Å². The summed E-state index contributed by atoms with van der Waals surface area (Å²) in [7, 11) is 3.59. The maximum absolute atomic E-state index is 11.4. The second kappa shape index (κ2) is 6.93. The van der Waals surface area contributed by atoms with Crippen LogP contribution in [-0.4, -0.2) is 68.2 Å². The molecule has 0 aliphatic carbocycles. The van der Waals surface area contributed by atoms with Gasteiger partial charge in [-0.05, 0) is 19.9 Å². The number of hydrogen-bond donors (Lipinski definition) is 1. The number of rotatable bonds is 5. The van der Waals surface area contributed by atoms with Crippen molar-refractivity contribution in [3.8, 4) is 0 Å². The third kappa shape index (κ3) is 5.02. The Morgan fingerprint density at radius 3 is 2.76 bits per heavy atom. The van der Waals surface area contributed by atoms with Gasteiger partial charge in [0.05, 0.1) is 12.2 Å². The van der Waals surface area contributed by atoms with Crippen molar-refractivity contribution < 1.29 is 9.53 Å². The number of carbonyl (C=O) groups is 1. The van der Waals surface area contributed by atoms with Gasteiger partial charge in [0.15, 0.2) is 0 Å². The first-order valence-corrected chi connectivity index (χ1v) is 6.31. The van der Waals surface area contributed by atoms with Crippen molar-refractivity contribution in [1.29, 1.82) is 0 Å². The van der Waals surface area contributed by atoms with Crippen LogP contribution in [0, 0.1) is 0 Å². The van der Waals surface area contributed by atoms with Crippen molar-refractivity contribution in [2.24, 2.45) is 5.73 Å². The molecule has 0 aromatic rings. The van der Waals surface area contributed by atoms with Gasteiger partial charge in [0, 0.05) is 40.2 Å². The quantitative estimate of drug-likeness (QED) is 0.733. The minimum Gasteiger partial charge on any atom is -0.371 e. The van der Waals surface area contributed by atoms with E-state index in [9.17, 15) is 4.79 Å². The van der Waals surface area contributed by atoms with Gasteiger partial charge in [-0.15, -0.1) is 0 Å². The number of nitrogens with two attached hydrogens (primary N) is 1. The largest absolute Gasteiger partial charge is 0.371 e. The van der Waals surface area contributed by atoms with Gasteiger partial charge >= 0.3 is 0 Å². The van der Waals surface area contributed by atoms with Crippen molar-refractivity contribution in [2.45, 2.75) is 32.0 Å². The molecule has 2 N–H and O–H groups in total. The first kappa shape index (κ1) is 14.4. The molecule has 0 aromatic heterocycles. The van der Waals surface area contributed by atoms with E-state index in [1.54, 1.807) is 19.0 Å². The fraction of sp³-hybridized carbons (Fsp3) is 0.917. The smallest absolute Gasteiger partial charge is 0.222 e. The third-order valence-electron chi connectivity index (χ3n) is 3.03. The van der Waals surface area contributed by atoms with Gasteiger partial charge in [-0.3, -0.25) is 9.69 Å². The number of nitrogens with zero attached hydrogens (tertiary/aromatic N) is 2. The first-order valence-electron chi connectivity index (χ1n) is 6.31. The van der Waals surface area contributed by atoms with E-state index in [2.05, 4.69) is 11.8 Å². The Kier molecular flexibility index (Phi) is 5.88. The van der Waals surface area contributed by atoms with E-state index in [0.29, 0.717) is 13.0 Å². The lowest BCUT2D eigenvalue weighted by Crippen LogP contribution is -2.49. The van der Waals surface area contributed by atoms with Crippen LogP contribution >= 0.6 is 0 Å². The Hall–Kier alpha value is -0.650. The van der Waals surface area contributed by atoms with Crippen LogP contribution in [0.3, 0.4) is 0 Å². The average molecular weight is 243 g/mol. The van der Waals surface area contributed by atoms with Crippen LogP contribution in [0.5, 0.6) is 0 Å². The number of amides is 1. The Labute approximate surface area is 104 Å². The van der Waals surface area contributed by atoms with Crippen LogP contribution in [0.4, 0.5) is 0 Å². The van der Waals surface area contributed by atoms with Crippen molar-refractivity contribution in [3.05, 3.63) is 0 Å².